The second-order valence-electron chi connectivity index (χ2n) is 8.90. The van der Waals surface area contributed by atoms with Crippen molar-refractivity contribution in [2.75, 3.05) is 77.4 Å². The highest BCUT2D eigenvalue weighted by Gasteiger charge is 2.43. The lowest BCUT2D eigenvalue weighted by molar-refractivity contribution is -0.139. The number of cyclic esters (lactones) is 1. The number of ether oxygens (including phenoxy) is 1. The Hall–Kier alpha value is -2.64. The number of carboxylic acid groups (broad SMARTS) is 1. The highest BCUT2D eigenvalue weighted by Crippen LogP contribution is 2.26. The first-order valence-electron chi connectivity index (χ1n) is 11.6. The van der Waals surface area contributed by atoms with Crippen LogP contribution in [0.15, 0.2) is 9.32 Å². The summed E-state index contributed by atoms with van der Waals surface area (Å²) >= 11 is 0. The molecule has 0 bridgehead atoms. The van der Waals surface area contributed by atoms with E-state index in [0.29, 0.717) is 32.1 Å². The molecule has 3 fully saturated rings. The predicted molar refractivity (Wildman–Crippen MR) is 117 cm³/mol. The summed E-state index contributed by atoms with van der Waals surface area (Å²) in [7, 11) is 1.79. The van der Waals surface area contributed by atoms with E-state index in [0.717, 1.165) is 52.0 Å². The third-order valence-electron chi connectivity index (χ3n) is 6.79. The van der Waals surface area contributed by atoms with E-state index in [2.05, 4.69) is 24.5 Å². The van der Waals surface area contributed by atoms with E-state index in [1.165, 1.54) is 0 Å². The number of nitrogens with zero attached hydrogens (tertiary/aromatic N) is 6. The number of unbranched alkanes of at least 4 members (excludes halogenated alkanes) is 1. The predicted octanol–water partition coefficient (Wildman–Crippen LogP) is -0.866. The number of anilines is 1. The Bertz CT molecular complexity index is 859. The fraction of sp³-hybridized carbons (Fsp3) is 0.800. The molecule has 4 rings (SSSR count). The maximum absolute atomic E-state index is 12.2. The maximum Gasteiger partial charge on any atom is 0.440 e. The molecule has 0 aromatic carbocycles. The summed E-state index contributed by atoms with van der Waals surface area (Å²) in [5.41, 5.74) is 0. The number of hydrogen-bond donors (Lipinski definition) is 2. The fourth-order valence-electron chi connectivity index (χ4n) is 4.84. The number of aromatic nitrogens is 2. The molecule has 33 heavy (non-hydrogen) atoms. The number of rotatable bonds is 9. The van der Waals surface area contributed by atoms with Gasteiger partial charge in [0, 0.05) is 59.4 Å². The molecule has 1 aromatic rings. The third kappa shape index (κ3) is 5.84. The molecule has 2 unspecified atom stereocenters. The standard InChI is InChI=1S/C20H33N7O6/c1-23-15(17(32-20(23)31)26-10-8-25(9-11-26)14-16(28)29)4-2-3-5-24-6-12-27(13-7-24)18-21-19(30)33-22-18/h15,17H,2-14H2,1H3,(H,28,29)(H,21,22,30). The van der Waals surface area contributed by atoms with Crippen LogP contribution >= 0.6 is 0 Å². The number of carbonyl (C=O) groups is 2. The van der Waals surface area contributed by atoms with Gasteiger partial charge < -0.3 is 19.6 Å². The number of carboxylic acids is 1. The van der Waals surface area contributed by atoms with Gasteiger partial charge >= 0.3 is 17.8 Å². The number of carbonyl (C=O) groups excluding carboxylic acids is 1. The molecule has 0 spiro atoms. The fourth-order valence-corrected chi connectivity index (χ4v) is 4.84. The lowest BCUT2D eigenvalue weighted by Gasteiger charge is -2.38. The quantitative estimate of drug-likeness (QED) is 0.438. The SMILES string of the molecule is CN1C(=O)OC(N2CCN(CC(=O)O)CC2)C1CCCCN1CCN(c2noc(=O)[nH]2)CC1. The molecule has 3 saturated heterocycles. The van der Waals surface area contributed by atoms with Gasteiger partial charge in [0.25, 0.3) is 0 Å². The number of likely N-dealkylation sites (N-methyl/N-ethyl adjacent to an activating group) is 1. The van der Waals surface area contributed by atoms with Crippen LogP contribution in [0.5, 0.6) is 0 Å². The highest BCUT2D eigenvalue weighted by molar-refractivity contribution is 5.70. The molecule has 2 atom stereocenters. The molecule has 184 valence electrons. The smallest absolute Gasteiger partial charge is 0.440 e. The van der Waals surface area contributed by atoms with Crippen LogP contribution in [0, 0.1) is 0 Å². The summed E-state index contributed by atoms with van der Waals surface area (Å²) in [6.45, 7) is 7.08. The highest BCUT2D eigenvalue weighted by atomic mass is 16.6. The Balaban J connectivity index is 1.18. The van der Waals surface area contributed by atoms with Crippen molar-refractivity contribution in [2.45, 2.75) is 31.5 Å². The zero-order valence-electron chi connectivity index (χ0n) is 19.0. The van der Waals surface area contributed by atoms with Gasteiger partial charge in [-0.25, -0.2) is 9.59 Å². The van der Waals surface area contributed by atoms with Gasteiger partial charge in [0.05, 0.1) is 12.6 Å². The number of amides is 1. The van der Waals surface area contributed by atoms with Gasteiger partial charge in [0.1, 0.15) is 0 Å². The first kappa shape index (κ1) is 23.5. The van der Waals surface area contributed by atoms with Gasteiger partial charge in [-0.05, 0) is 31.0 Å². The summed E-state index contributed by atoms with van der Waals surface area (Å²) in [6, 6.07) is 0.00404. The Morgan fingerprint density at radius 3 is 2.39 bits per heavy atom. The Labute approximate surface area is 191 Å². The molecule has 0 aliphatic carbocycles. The van der Waals surface area contributed by atoms with E-state index in [1.54, 1.807) is 11.9 Å². The van der Waals surface area contributed by atoms with Crippen LogP contribution in [0.2, 0.25) is 0 Å². The zero-order chi connectivity index (χ0) is 23.4. The van der Waals surface area contributed by atoms with Crippen LogP contribution in [0.3, 0.4) is 0 Å². The first-order valence-corrected chi connectivity index (χ1v) is 11.6. The lowest BCUT2D eigenvalue weighted by atomic mass is 10.1. The van der Waals surface area contributed by atoms with Crippen LogP contribution in [0.4, 0.5) is 10.7 Å². The summed E-state index contributed by atoms with van der Waals surface area (Å²) in [6.07, 6.45) is 2.31. The topological polar surface area (TPSA) is 139 Å². The second-order valence-corrected chi connectivity index (χ2v) is 8.90. The van der Waals surface area contributed by atoms with Crippen molar-refractivity contribution < 1.29 is 24.0 Å². The van der Waals surface area contributed by atoms with Gasteiger partial charge in [-0.2, -0.15) is 0 Å². The van der Waals surface area contributed by atoms with Crippen LogP contribution in [0.1, 0.15) is 19.3 Å². The van der Waals surface area contributed by atoms with Crippen molar-refractivity contribution in [1.29, 1.82) is 0 Å². The van der Waals surface area contributed by atoms with Gasteiger partial charge in [0.15, 0.2) is 6.23 Å². The zero-order valence-corrected chi connectivity index (χ0v) is 19.0. The van der Waals surface area contributed by atoms with Crippen molar-refractivity contribution in [3.63, 3.8) is 0 Å². The van der Waals surface area contributed by atoms with Crippen molar-refractivity contribution in [3.05, 3.63) is 10.6 Å². The van der Waals surface area contributed by atoms with Crippen molar-refractivity contribution in [3.8, 4) is 0 Å². The van der Waals surface area contributed by atoms with E-state index < -0.39 is 11.7 Å². The van der Waals surface area contributed by atoms with Gasteiger partial charge in [-0.1, -0.05) is 0 Å². The van der Waals surface area contributed by atoms with E-state index in [-0.39, 0.29) is 24.9 Å². The van der Waals surface area contributed by atoms with Crippen molar-refractivity contribution in [1.82, 2.24) is 29.7 Å². The summed E-state index contributed by atoms with van der Waals surface area (Å²) < 4.78 is 10.2. The molecule has 1 amide bonds. The number of nitrogens with one attached hydrogen (secondary N) is 1. The maximum atomic E-state index is 12.2. The van der Waals surface area contributed by atoms with E-state index in [1.807, 2.05) is 9.80 Å². The minimum Gasteiger partial charge on any atom is -0.480 e. The lowest BCUT2D eigenvalue weighted by Crippen LogP contribution is -2.54. The molecule has 13 heteroatoms. The molecule has 0 saturated carbocycles. The summed E-state index contributed by atoms with van der Waals surface area (Å²) in [4.78, 5) is 47.0. The molecule has 3 aliphatic rings. The number of aliphatic carboxylic acids is 1. The second kappa shape index (κ2) is 10.5. The third-order valence-corrected chi connectivity index (χ3v) is 6.79. The molecule has 4 heterocycles. The van der Waals surface area contributed by atoms with Crippen LogP contribution in [-0.4, -0.2) is 132 Å². The van der Waals surface area contributed by atoms with E-state index >= 15 is 0 Å². The van der Waals surface area contributed by atoms with Gasteiger partial charge in [-0.15, -0.1) is 0 Å². The molecule has 0 radical (unpaired) electrons. The number of H-pyrrole nitrogens is 1. The average molecular weight is 468 g/mol. The van der Waals surface area contributed by atoms with E-state index in [9.17, 15) is 14.4 Å². The molecule has 13 nitrogen and oxygen atoms in total. The molecule has 3 aliphatic heterocycles. The Morgan fingerprint density at radius 2 is 1.76 bits per heavy atom. The number of hydrogen-bond acceptors (Lipinski definition) is 10. The van der Waals surface area contributed by atoms with Gasteiger partial charge in [0.2, 0.25) is 5.95 Å². The number of aromatic amines is 1. The van der Waals surface area contributed by atoms with Crippen LogP contribution in [-0.2, 0) is 9.53 Å². The monoisotopic (exact) mass is 467 g/mol. The van der Waals surface area contributed by atoms with Gasteiger partial charge in [-0.3, -0.25) is 29.0 Å². The minimum absolute atomic E-state index is 0.00404. The normalized spacial score (nSPS) is 25.5. The Kier molecular flexibility index (Phi) is 7.50. The molecular weight excluding hydrogens is 434 g/mol. The Morgan fingerprint density at radius 1 is 1.06 bits per heavy atom. The van der Waals surface area contributed by atoms with Crippen molar-refractivity contribution in [2.24, 2.45) is 0 Å². The molecule has 1 aromatic heterocycles. The molecular formula is C20H33N7O6. The first-order chi connectivity index (χ1) is 15.9. The van der Waals surface area contributed by atoms with Crippen LogP contribution < -0.4 is 10.7 Å². The van der Waals surface area contributed by atoms with Crippen LogP contribution in [0.25, 0.3) is 0 Å². The molecule has 2 N–H and O–H groups in total. The minimum atomic E-state index is -0.817. The summed E-state index contributed by atoms with van der Waals surface area (Å²) in [5, 5.41) is 12.7. The van der Waals surface area contributed by atoms with Crippen molar-refractivity contribution >= 4 is 18.0 Å². The van der Waals surface area contributed by atoms with E-state index in [4.69, 9.17) is 9.84 Å². The number of piperazine rings is 2. The summed E-state index contributed by atoms with van der Waals surface area (Å²) in [5.74, 6) is -0.863. The largest absolute Gasteiger partial charge is 0.480 e. The average Bonchev–Trinajstić information content (AvgIpc) is 3.35.